The fraction of sp³-hybridized carbons (Fsp3) is 0.400. The lowest BCUT2D eigenvalue weighted by Gasteiger charge is -2.22. The van der Waals surface area contributed by atoms with E-state index < -0.39 is 0 Å². The van der Waals surface area contributed by atoms with E-state index in [1.165, 1.54) is 0 Å². The van der Waals surface area contributed by atoms with Crippen LogP contribution in [0, 0.1) is 0 Å². The minimum Gasteiger partial charge on any atom is -0.303 e. The molecule has 0 radical (unpaired) electrons. The third kappa shape index (κ3) is 2.12. The van der Waals surface area contributed by atoms with Gasteiger partial charge in [0.15, 0.2) is 0 Å². The van der Waals surface area contributed by atoms with Gasteiger partial charge in [0, 0.05) is 16.6 Å². The standard InChI is InChI=1S/C10H13Cl2N3/c1-15-9(5-14-10(15)13)7-3-2-6(11)4-8(7)12/h2-4,9-10,14H,5,13H2,1H3. The lowest BCUT2D eigenvalue weighted by molar-refractivity contribution is 0.243. The van der Waals surface area contributed by atoms with E-state index in [1.807, 2.05) is 19.2 Å². The van der Waals surface area contributed by atoms with Crippen molar-refractivity contribution in [2.45, 2.75) is 12.3 Å². The van der Waals surface area contributed by atoms with E-state index in [9.17, 15) is 0 Å². The van der Waals surface area contributed by atoms with Gasteiger partial charge in [-0.25, -0.2) is 0 Å². The Morgan fingerprint density at radius 2 is 2.20 bits per heavy atom. The number of likely N-dealkylation sites (N-methyl/N-ethyl adjacent to an activating group) is 1. The molecule has 3 N–H and O–H groups in total. The van der Waals surface area contributed by atoms with Crippen LogP contribution in [-0.2, 0) is 0 Å². The molecule has 2 atom stereocenters. The van der Waals surface area contributed by atoms with Gasteiger partial charge in [0.05, 0.1) is 6.04 Å². The Morgan fingerprint density at radius 1 is 1.47 bits per heavy atom. The number of nitrogens with one attached hydrogen (secondary N) is 1. The zero-order valence-corrected chi connectivity index (χ0v) is 9.89. The SMILES string of the molecule is CN1C(N)NCC1c1ccc(Cl)cc1Cl. The summed E-state index contributed by atoms with van der Waals surface area (Å²) in [5, 5.41) is 4.52. The van der Waals surface area contributed by atoms with Crippen molar-refractivity contribution in [1.29, 1.82) is 0 Å². The van der Waals surface area contributed by atoms with Crippen LogP contribution in [0.4, 0.5) is 0 Å². The van der Waals surface area contributed by atoms with Crippen LogP contribution in [0.15, 0.2) is 18.2 Å². The Kier molecular flexibility index (Phi) is 3.19. The van der Waals surface area contributed by atoms with Gasteiger partial charge in [-0.15, -0.1) is 0 Å². The average molecular weight is 246 g/mol. The smallest absolute Gasteiger partial charge is 0.112 e. The minimum absolute atomic E-state index is 0.109. The molecule has 0 spiro atoms. The van der Waals surface area contributed by atoms with Crippen molar-refractivity contribution in [3.63, 3.8) is 0 Å². The highest BCUT2D eigenvalue weighted by atomic mass is 35.5. The summed E-state index contributed by atoms with van der Waals surface area (Å²) < 4.78 is 0. The molecule has 1 aliphatic heterocycles. The maximum atomic E-state index is 6.14. The highest BCUT2D eigenvalue weighted by Crippen LogP contribution is 2.31. The molecular weight excluding hydrogens is 233 g/mol. The van der Waals surface area contributed by atoms with Crippen LogP contribution in [0.25, 0.3) is 0 Å². The van der Waals surface area contributed by atoms with Crippen molar-refractivity contribution in [3.05, 3.63) is 33.8 Å². The number of benzene rings is 1. The molecule has 82 valence electrons. The Morgan fingerprint density at radius 3 is 2.73 bits per heavy atom. The number of hydrogen-bond donors (Lipinski definition) is 2. The monoisotopic (exact) mass is 245 g/mol. The molecule has 1 aromatic carbocycles. The molecule has 1 heterocycles. The third-order valence-electron chi connectivity index (χ3n) is 2.77. The second kappa shape index (κ2) is 4.28. The molecular formula is C10H13Cl2N3. The molecule has 1 aromatic rings. The van der Waals surface area contributed by atoms with E-state index in [0.717, 1.165) is 12.1 Å². The van der Waals surface area contributed by atoms with Gasteiger partial charge in [-0.05, 0) is 24.7 Å². The Labute approximate surface area is 99.1 Å². The van der Waals surface area contributed by atoms with Gasteiger partial charge < -0.3 is 5.73 Å². The lowest BCUT2D eigenvalue weighted by atomic mass is 10.1. The highest BCUT2D eigenvalue weighted by Gasteiger charge is 2.29. The maximum absolute atomic E-state index is 6.14. The fourth-order valence-corrected chi connectivity index (χ4v) is 2.35. The molecule has 1 aliphatic rings. The summed E-state index contributed by atoms with van der Waals surface area (Å²) in [5.74, 6) is 0. The zero-order chi connectivity index (χ0) is 11.0. The summed E-state index contributed by atoms with van der Waals surface area (Å²) in [4.78, 5) is 2.05. The van der Waals surface area contributed by atoms with E-state index in [0.29, 0.717) is 10.0 Å². The first-order chi connectivity index (χ1) is 7.09. The van der Waals surface area contributed by atoms with Crippen LogP contribution >= 0.6 is 23.2 Å². The number of nitrogens with two attached hydrogens (primary N) is 1. The van der Waals surface area contributed by atoms with Crippen molar-refractivity contribution < 1.29 is 0 Å². The second-order valence-electron chi connectivity index (χ2n) is 3.70. The molecule has 3 nitrogen and oxygen atoms in total. The molecule has 1 fully saturated rings. The van der Waals surface area contributed by atoms with E-state index in [-0.39, 0.29) is 12.3 Å². The van der Waals surface area contributed by atoms with E-state index in [1.54, 1.807) is 6.07 Å². The maximum Gasteiger partial charge on any atom is 0.112 e. The molecule has 0 amide bonds. The van der Waals surface area contributed by atoms with Crippen molar-refractivity contribution in [1.82, 2.24) is 10.2 Å². The van der Waals surface area contributed by atoms with E-state index in [4.69, 9.17) is 28.9 Å². The van der Waals surface area contributed by atoms with Crippen LogP contribution in [0.5, 0.6) is 0 Å². The summed E-state index contributed by atoms with van der Waals surface area (Å²) in [7, 11) is 1.97. The summed E-state index contributed by atoms with van der Waals surface area (Å²) >= 11 is 12.0. The van der Waals surface area contributed by atoms with Crippen molar-refractivity contribution >= 4 is 23.2 Å². The first-order valence-corrected chi connectivity index (χ1v) is 5.51. The summed E-state index contributed by atoms with van der Waals surface area (Å²) in [6, 6.07) is 5.77. The van der Waals surface area contributed by atoms with Crippen LogP contribution < -0.4 is 11.1 Å². The molecule has 1 saturated heterocycles. The van der Waals surface area contributed by atoms with Gasteiger partial charge in [-0.2, -0.15) is 0 Å². The molecule has 0 aromatic heterocycles. The molecule has 15 heavy (non-hydrogen) atoms. The van der Waals surface area contributed by atoms with Gasteiger partial charge in [-0.1, -0.05) is 29.3 Å². The van der Waals surface area contributed by atoms with E-state index in [2.05, 4.69) is 10.2 Å². The van der Waals surface area contributed by atoms with Crippen LogP contribution in [-0.4, -0.2) is 24.8 Å². The van der Waals surface area contributed by atoms with E-state index >= 15 is 0 Å². The molecule has 2 unspecified atom stereocenters. The second-order valence-corrected chi connectivity index (χ2v) is 4.54. The summed E-state index contributed by atoms with van der Waals surface area (Å²) in [6.07, 6.45) is -0.109. The van der Waals surface area contributed by atoms with Gasteiger partial charge in [0.25, 0.3) is 0 Å². The largest absolute Gasteiger partial charge is 0.303 e. The molecule has 2 rings (SSSR count). The number of halogens is 2. The van der Waals surface area contributed by atoms with Crippen LogP contribution in [0.2, 0.25) is 10.0 Å². The fourth-order valence-electron chi connectivity index (χ4n) is 1.82. The van der Waals surface area contributed by atoms with Crippen molar-refractivity contribution in [3.8, 4) is 0 Å². The first kappa shape index (κ1) is 11.2. The zero-order valence-electron chi connectivity index (χ0n) is 8.37. The predicted molar refractivity (Wildman–Crippen MR) is 62.9 cm³/mol. The van der Waals surface area contributed by atoms with Crippen LogP contribution in [0.3, 0.4) is 0 Å². The molecule has 0 saturated carbocycles. The topological polar surface area (TPSA) is 41.3 Å². The Hall–Kier alpha value is -0.320. The number of nitrogens with zero attached hydrogens (tertiary/aromatic N) is 1. The predicted octanol–water partition coefficient (Wildman–Crippen LogP) is 1.81. The van der Waals surface area contributed by atoms with Gasteiger partial charge in [0.1, 0.15) is 6.29 Å². The summed E-state index contributed by atoms with van der Waals surface area (Å²) in [5.41, 5.74) is 6.89. The lowest BCUT2D eigenvalue weighted by Crippen LogP contribution is -2.41. The first-order valence-electron chi connectivity index (χ1n) is 4.75. The molecule has 5 heteroatoms. The molecule has 0 bridgehead atoms. The highest BCUT2D eigenvalue weighted by molar-refractivity contribution is 6.35. The number of hydrogen-bond acceptors (Lipinski definition) is 3. The van der Waals surface area contributed by atoms with Gasteiger partial charge >= 0.3 is 0 Å². The van der Waals surface area contributed by atoms with Gasteiger partial charge in [-0.3, -0.25) is 10.2 Å². The Bertz CT molecular complexity index is 370. The minimum atomic E-state index is -0.109. The Balaban J connectivity index is 2.30. The number of rotatable bonds is 1. The normalized spacial score (nSPS) is 27.2. The summed E-state index contributed by atoms with van der Waals surface area (Å²) in [6.45, 7) is 0.805. The molecule has 0 aliphatic carbocycles. The van der Waals surface area contributed by atoms with Crippen molar-refractivity contribution in [2.24, 2.45) is 5.73 Å². The van der Waals surface area contributed by atoms with Crippen LogP contribution in [0.1, 0.15) is 11.6 Å². The average Bonchev–Trinajstić information content (AvgIpc) is 2.49. The van der Waals surface area contributed by atoms with Crippen molar-refractivity contribution in [2.75, 3.05) is 13.6 Å². The third-order valence-corrected chi connectivity index (χ3v) is 3.33. The van der Waals surface area contributed by atoms with Gasteiger partial charge in [0.2, 0.25) is 0 Å². The quantitative estimate of drug-likeness (QED) is 0.794.